The molecule has 0 unspecified atom stereocenters. The number of hydrogen-bond acceptors (Lipinski definition) is 3. The van der Waals surface area contributed by atoms with Gasteiger partial charge in [0.2, 0.25) is 5.91 Å². The number of para-hydroxylation sites is 1. The van der Waals surface area contributed by atoms with Crippen molar-refractivity contribution >= 4 is 34.3 Å². The van der Waals surface area contributed by atoms with Gasteiger partial charge < -0.3 is 20.4 Å². The van der Waals surface area contributed by atoms with Crippen LogP contribution in [0.5, 0.6) is 0 Å². The highest BCUT2D eigenvalue weighted by Crippen LogP contribution is 2.23. The molecule has 0 aliphatic rings. The smallest absolute Gasteiger partial charge is 0.319 e. The Hall–Kier alpha value is -3.28. The van der Waals surface area contributed by atoms with E-state index in [0.29, 0.717) is 17.1 Å². The van der Waals surface area contributed by atoms with E-state index in [-0.39, 0.29) is 18.0 Å². The average Bonchev–Trinajstić information content (AvgIpc) is 3.00. The third kappa shape index (κ3) is 4.17. The molecule has 3 aromatic rings. The molecule has 0 aliphatic carbocycles. The first kappa shape index (κ1) is 16.6. The van der Waals surface area contributed by atoms with Crippen molar-refractivity contribution in [3.63, 3.8) is 0 Å². The maximum Gasteiger partial charge on any atom is 0.319 e. The summed E-state index contributed by atoms with van der Waals surface area (Å²) in [5.41, 5.74) is 2.10. The van der Waals surface area contributed by atoms with Gasteiger partial charge in [-0.05, 0) is 43.3 Å². The number of benzene rings is 2. The molecular formula is C19H19N3O3. The van der Waals surface area contributed by atoms with Gasteiger partial charge in [-0.15, -0.1) is 0 Å². The Morgan fingerprint density at radius 1 is 0.960 bits per heavy atom. The number of nitrogens with one attached hydrogen (secondary N) is 3. The van der Waals surface area contributed by atoms with Gasteiger partial charge in [-0.1, -0.05) is 18.2 Å². The molecule has 3 rings (SSSR count). The summed E-state index contributed by atoms with van der Waals surface area (Å²) < 4.78 is 5.75. The Labute approximate surface area is 145 Å². The van der Waals surface area contributed by atoms with Crippen LogP contribution in [-0.2, 0) is 4.79 Å². The Morgan fingerprint density at radius 2 is 1.60 bits per heavy atom. The standard InChI is InChI=1S/C19H19N3O3/c1-12(18-11-14-5-3-4-6-17(14)25-18)20-19(24)22-16-9-7-15(8-10-16)21-13(2)23/h3-12H,1-2H3,(H,21,23)(H2,20,22,24)/t12-/m1/s1. The third-order valence-corrected chi connectivity index (χ3v) is 3.68. The van der Waals surface area contributed by atoms with Crippen LogP contribution in [0.2, 0.25) is 0 Å². The third-order valence-electron chi connectivity index (χ3n) is 3.68. The summed E-state index contributed by atoms with van der Waals surface area (Å²) in [5, 5.41) is 9.26. The molecule has 25 heavy (non-hydrogen) atoms. The van der Waals surface area contributed by atoms with E-state index in [1.807, 2.05) is 37.3 Å². The minimum Gasteiger partial charge on any atom is -0.459 e. The van der Waals surface area contributed by atoms with Crippen molar-refractivity contribution in [1.29, 1.82) is 0 Å². The predicted octanol–water partition coefficient (Wildman–Crippen LogP) is 4.27. The summed E-state index contributed by atoms with van der Waals surface area (Å²) in [4.78, 5) is 23.1. The van der Waals surface area contributed by atoms with Crippen molar-refractivity contribution in [2.75, 3.05) is 10.6 Å². The minimum atomic E-state index is -0.333. The summed E-state index contributed by atoms with van der Waals surface area (Å²) in [5.74, 6) is 0.551. The number of rotatable bonds is 4. The van der Waals surface area contributed by atoms with E-state index >= 15 is 0 Å². The molecule has 128 valence electrons. The van der Waals surface area contributed by atoms with Gasteiger partial charge in [0.05, 0.1) is 6.04 Å². The molecule has 6 heteroatoms. The summed E-state index contributed by atoms with van der Waals surface area (Å²) in [7, 11) is 0. The predicted molar refractivity (Wildman–Crippen MR) is 97.5 cm³/mol. The Bertz CT molecular complexity index is 867. The molecule has 2 aromatic carbocycles. The number of fused-ring (bicyclic) bond motifs is 1. The molecule has 0 fully saturated rings. The van der Waals surface area contributed by atoms with Crippen LogP contribution in [0.1, 0.15) is 25.6 Å². The molecule has 1 aromatic heterocycles. The number of furan rings is 1. The maximum atomic E-state index is 12.1. The largest absolute Gasteiger partial charge is 0.459 e. The lowest BCUT2D eigenvalue weighted by Gasteiger charge is -2.13. The number of urea groups is 1. The first-order chi connectivity index (χ1) is 12.0. The zero-order chi connectivity index (χ0) is 17.8. The molecule has 3 N–H and O–H groups in total. The molecule has 0 radical (unpaired) electrons. The highest BCUT2D eigenvalue weighted by molar-refractivity contribution is 5.91. The summed E-state index contributed by atoms with van der Waals surface area (Å²) in [6.45, 7) is 3.30. The molecule has 1 heterocycles. The van der Waals surface area contributed by atoms with Crippen LogP contribution in [-0.4, -0.2) is 11.9 Å². The van der Waals surface area contributed by atoms with Crippen LogP contribution in [0, 0.1) is 0 Å². The van der Waals surface area contributed by atoms with Gasteiger partial charge in [0.25, 0.3) is 0 Å². The van der Waals surface area contributed by atoms with Crippen molar-refractivity contribution in [2.24, 2.45) is 0 Å². The second kappa shape index (κ2) is 7.09. The zero-order valence-corrected chi connectivity index (χ0v) is 14.0. The lowest BCUT2D eigenvalue weighted by molar-refractivity contribution is -0.114. The normalized spacial score (nSPS) is 11.8. The highest BCUT2D eigenvalue weighted by Gasteiger charge is 2.14. The second-order valence-corrected chi connectivity index (χ2v) is 5.77. The molecule has 3 amide bonds. The summed E-state index contributed by atoms with van der Waals surface area (Å²) >= 11 is 0. The summed E-state index contributed by atoms with van der Waals surface area (Å²) in [6.07, 6.45) is 0. The van der Waals surface area contributed by atoms with Crippen molar-refractivity contribution < 1.29 is 14.0 Å². The van der Waals surface area contributed by atoms with Crippen molar-refractivity contribution in [1.82, 2.24) is 5.32 Å². The van der Waals surface area contributed by atoms with Gasteiger partial charge in [0.15, 0.2) is 0 Å². The van der Waals surface area contributed by atoms with Gasteiger partial charge in [-0.2, -0.15) is 0 Å². The van der Waals surface area contributed by atoms with Crippen LogP contribution >= 0.6 is 0 Å². The molecule has 0 saturated carbocycles. The monoisotopic (exact) mass is 337 g/mol. The van der Waals surface area contributed by atoms with Crippen LogP contribution in [0.15, 0.2) is 59.0 Å². The number of hydrogen-bond donors (Lipinski definition) is 3. The zero-order valence-electron chi connectivity index (χ0n) is 14.0. The van der Waals surface area contributed by atoms with E-state index in [0.717, 1.165) is 11.0 Å². The maximum absolute atomic E-state index is 12.1. The molecular weight excluding hydrogens is 318 g/mol. The molecule has 0 spiro atoms. The van der Waals surface area contributed by atoms with Crippen LogP contribution in [0.25, 0.3) is 11.0 Å². The van der Waals surface area contributed by atoms with Gasteiger partial charge >= 0.3 is 6.03 Å². The van der Waals surface area contributed by atoms with Crippen molar-refractivity contribution in [3.05, 3.63) is 60.4 Å². The number of anilines is 2. The van der Waals surface area contributed by atoms with Gasteiger partial charge in [0, 0.05) is 23.7 Å². The van der Waals surface area contributed by atoms with Gasteiger partial charge in [0.1, 0.15) is 11.3 Å². The van der Waals surface area contributed by atoms with Gasteiger partial charge in [-0.3, -0.25) is 4.79 Å². The molecule has 0 saturated heterocycles. The first-order valence-electron chi connectivity index (χ1n) is 7.95. The van der Waals surface area contributed by atoms with Crippen LogP contribution < -0.4 is 16.0 Å². The summed E-state index contributed by atoms with van der Waals surface area (Å²) in [6, 6.07) is 15.9. The fraction of sp³-hybridized carbons (Fsp3) is 0.158. The average molecular weight is 337 g/mol. The van der Waals surface area contributed by atoms with Crippen molar-refractivity contribution in [2.45, 2.75) is 19.9 Å². The Morgan fingerprint density at radius 3 is 2.24 bits per heavy atom. The van der Waals surface area contributed by atoms with E-state index in [1.54, 1.807) is 24.3 Å². The Balaban J connectivity index is 1.60. The molecule has 0 bridgehead atoms. The van der Waals surface area contributed by atoms with E-state index < -0.39 is 0 Å². The minimum absolute atomic E-state index is 0.141. The lowest BCUT2D eigenvalue weighted by atomic mass is 10.2. The number of carbonyl (C=O) groups is 2. The second-order valence-electron chi connectivity index (χ2n) is 5.77. The van der Waals surface area contributed by atoms with Crippen LogP contribution in [0.3, 0.4) is 0 Å². The highest BCUT2D eigenvalue weighted by atomic mass is 16.3. The molecule has 1 atom stereocenters. The van der Waals surface area contributed by atoms with Crippen LogP contribution in [0.4, 0.5) is 16.2 Å². The van der Waals surface area contributed by atoms with E-state index in [4.69, 9.17) is 4.42 Å². The van der Waals surface area contributed by atoms with Gasteiger partial charge in [-0.25, -0.2) is 4.79 Å². The SMILES string of the molecule is CC(=O)Nc1ccc(NC(=O)N[C@H](C)c2cc3ccccc3o2)cc1. The van der Waals surface area contributed by atoms with E-state index in [9.17, 15) is 9.59 Å². The topological polar surface area (TPSA) is 83.4 Å². The van der Waals surface area contributed by atoms with E-state index in [1.165, 1.54) is 6.92 Å². The van der Waals surface area contributed by atoms with E-state index in [2.05, 4.69) is 16.0 Å². The quantitative estimate of drug-likeness (QED) is 0.664. The Kier molecular flexibility index (Phi) is 4.70. The molecule has 6 nitrogen and oxygen atoms in total. The fourth-order valence-corrected chi connectivity index (χ4v) is 2.49. The number of carbonyl (C=O) groups excluding carboxylic acids is 2. The molecule has 0 aliphatic heterocycles. The fourth-order valence-electron chi connectivity index (χ4n) is 2.49. The first-order valence-corrected chi connectivity index (χ1v) is 7.95. The number of amides is 3. The lowest BCUT2D eigenvalue weighted by Crippen LogP contribution is -2.30. The van der Waals surface area contributed by atoms with Crippen molar-refractivity contribution in [3.8, 4) is 0 Å².